The van der Waals surface area contributed by atoms with Crippen LogP contribution >= 0.6 is 11.8 Å². The topological polar surface area (TPSA) is 66.8 Å². The summed E-state index contributed by atoms with van der Waals surface area (Å²) in [5.41, 5.74) is 1.77. The van der Waals surface area contributed by atoms with Gasteiger partial charge in [0.1, 0.15) is 0 Å². The quantitative estimate of drug-likeness (QED) is 0.899. The molecule has 1 heterocycles. The van der Waals surface area contributed by atoms with E-state index in [0.29, 0.717) is 25.3 Å². The lowest BCUT2D eigenvalue weighted by molar-refractivity contribution is -0.141. The largest absolute Gasteiger partial charge is 0.481 e. The van der Waals surface area contributed by atoms with Gasteiger partial charge in [0, 0.05) is 24.4 Å². The number of carbonyl (C=O) groups is 2. The number of benzene rings is 1. The Bertz CT molecular complexity index is 520. The maximum atomic E-state index is 12.5. The number of carbonyl (C=O) groups excluding carboxylic acids is 1. The van der Waals surface area contributed by atoms with Gasteiger partial charge in [-0.15, -0.1) is 0 Å². The number of hydrogen-bond donors (Lipinski definition) is 1. The zero-order chi connectivity index (χ0) is 15.2. The summed E-state index contributed by atoms with van der Waals surface area (Å²) in [6, 6.07) is 7.59. The molecule has 21 heavy (non-hydrogen) atoms. The molecule has 1 aromatic carbocycles. The van der Waals surface area contributed by atoms with E-state index in [1.54, 1.807) is 22.7 Å². The molecule has 0 bridgehead atoms. The number of carboxylic acid groups (broad SMARTS) is 1. The second-order valence-electron chi connectivity index (χ2n) is 4.98. The van der Waals surface area contributed by atoms with Gasteiger partial charge in [0.2, 0.25) is 0 Å². The van der Waals surface area contributed by atoms with Crippen molar-refractivity contribution < 1.29 is 19.4 Å². The number of amides is 1. The Morgan fingerprint density at radius 3 is 3.00 bits per heavy atom. The van der Waals surface area contributed by atoms with E-state index in [4.69, 9.17) is 9.84 Å². The molecule has 1 amide bonds. The maximum absolute atomic E-state index is 12.5. The van der Waals surface area contributed by atoms with Crippen LogP contribution in [0.4, 0.5) is 0 Å². The second kappa shape index (κ2) is 7.47. The maximum Gasteiger partial charge on any atom is 0.306 e. The number of hydrogen-bond acceptors (Lipinski definition) is 4. The molecule has 0 saturated carbocycles. The molecule has 1 N–H and O–H groups in total. The van der Waals surface area contributed by atoms with Crippen LogP contribution in [0.2, 0.25) is 0 Å². The van der Waals surface area contributed by atoms with E-state index >= 15 is 0 Å². The highest BCUT2D eigenvalue weighted by molar-refractivity contribution is 7.97. The molecule has 0 aliphatic carbocycles. The molecule has 1 fully saturated rings. The molecule has 2 rings (SSSR count). The zero-order valence-corrected chi connectivity index (χ0v) is 12.8. The van der Waals surface area contributed by atoms with Gasteiger partial charge in [-0.1, -0.05) is 12.1 Å². The highest BCUT2D eigenvalue weighted by atomic mass is 32.2. The van der Waals surface area contributed by atoms with Crippen molar-refractivity contribution in [1.82, 2.24) is 4.90 Å². The van der Waals surface area contributed by atoms with E-state index in [1.807, 2.05) is 24.5 Å². The smallest absolute Gasteiger partial charge is 0.306 e. The predicted molar refractivity (Wildman–Crippen MR) is 81.6 cm³/mol. The van der Waals surface area contributed by atoms with Gasteiger partial charge in [-0.25, -0.2) is 0 Å². The minimum Gasteiger partial charge on any atom is -0.481 e. The number of ether oxygens (including phenoxy) is 1. The standard InChI is InChI=1S/C15H19NO4S/c1-21-10-11-3-2-4-12(7-11)15(19)16-5-6-20-13(9-16)8-14(17)18/h2-4,7,13H,5-6,8-10H2,1H3,(H,17,18). The van der Waals surface area contributed by atoms with Gasteiger partial charge in [0.15, 0.2) is 0 Å². The van der Waals surface area contributed by atoms with Crippen LogP contribution in [0.1, 0.15) is 22.3 Å². The van der Waals surface area contributed by atoms with Crippen molar-refractivity contribution in [2.24, 2.45) is 0 Å². The van der Waals surface area contributed by atoms with Crippen LogP contribution in [0.15, 0.2) is 24.3 Å². The van der Waals surface area contributed by atoms with E-state index in [1.165, 1.54) is 0 Å². The predicted octanol–water partition coefficient (Wildman–Crippen LogP) is 1.87. The van der Waals surface area contributed by atoms with Crippen LogP contribution < -0.4 is 0 Å². The molecule has 1 aliphatic heterocycles. The number of aliphatic carboxylic acids is 1. The van der Waals surface area contributed by atoms with Crippen molar-refractivity contribution in [3.63, 3.8) is 0 Å². The van der Waals surface area contributed by atoms with Crippen LogP contribution in [0.25, 0.3) is 0 Å². The number of carboxylic acids is 1. The highest BCUT2D eigenvalue weighted by Crippen LogP contribution is 2.16. The Balaban J connectivity index is 2.04. The van der Waals surface area contributed by atoms with Crippen molar-refractivity contribution in [2.45, 2.75) is 18.3 Å². The highest BCUT2D eigenvalue weighted by Gasteiger charge is 2.26. The van der Waals surface area contributed by atoms with Crippen molar-refractivity contribution in [3.05, 3.63) is 35.4 Å². The third-order valence-electron chi connectivity index (χ3n) is 3.31. The third-order valence-corrected chi connectivity index (χ3v) is 3.94. The lowest BCUT2D eigenvalue weighted by atomic mass is 10.1. The molecular formula is C15H19NO4S. The van der Waals surface area contributed by atoms with E-state index in [0.717, 1.165) is 11.3 Å². The van der Waals surface area contributed by atoms with E-state index < -0.39 is 12.1 Å². The summed E-state index contributed by atoms with van der Waals surface area (Å²) >= 11 is 1.71. The first kappa shape index (κ1) is 15.9. The SMILES string of the molecule is CSCc1cccc(C(=O)N2CCOC(CC(=O)O)C2)c1. The third kappa shape index (κ3) is 4.47. The number of thioether (sulfide) groups is 1. The first-order chi connectivity index (χ1) is 10.1. The molecule has 114 valence electrons. The summed E-state index contributed by atoms with van der Waals surface area (Å²) in [7, 11) is 0. The normalized spacial score (nSPS) is 18.5. The van der Waals surface area contributed by atoms with Crippen LogP contribution in [0.3, 0.4) is 0 Å². The Hall–Kier alpha value is -1.53. The second-order valence-corrected chi connectivity index (χ2v) is 5.84. The average Bonchev–Trinajstić information content (AvgIpc) is 2.47. The summed E-state index contributed by atoms with van der Waals surface area (Å²) in [6.07, 6.45) is 1.53. The fourth-order valence-electron chi connectivity index (χ4n) is 2.37. The minimum absolute atomic E-state index is 0.0587. The summed E-state index contributed by atoms with van der Waals surface area (Å²) < 4.78 is 5.39. The molecule has 1 aliphatic rings. The van der Waals surface area contributed by atoms with Crippen molar-refractivity contribution in [3.8, 4) is 0 Å². The number of morpholine rings is 1. The van der Waals surface area contributed by atoms with Crippen LogP contribution in [-0.2, 0) is 15.3 Å². The minimum atomic E-state index is -0.906. The molecule has 5 nitrogen and oxygen atoms in total. The van der Waals surface area contributed by atoms with Gasteiger partial charge in [-0.05, 0) is 24.0 Å². The first-order valence-corrected chi connectivity index (χ1v) is 8.20. The Morgan fingerprint density at radius 2 is 2.29 bits per heavy atom. The fraction of sp³-hybridized carbons (Fsp3) is 0.467. The molecule has 1 atom stereocenters. The lowest BCUT2D eigenvalue weighted by Crippen LogP contribution is -2.46. The van der Waals surface area contributed by atoms with Gasteiger partial charge < -0.3 is 14.7 Å². The van der Waals surface area contributed by atoms with Crippen LogP contribution in [0.5, 0.6) is 0 Å². The molecule has 1 unspecified atom stereocenters. The molecule has 0 spiro atoms. The number of rotatable bonds is 5. The monoisotopic (exact) mass is 309 g/mol. The van der Waals surface area contributed by atoms with Gasteiger partial charge in [-0.3, -0.25) is 9.59 Å². The first-order valence-electron chi connectivity index (χ1n) is 6.80. The number of nitrogens with zero attached hydrogens (tertiary/aromatic N) is 1. The van der Waals surface area contributed by atoms with Crippen LogP contribution in [-0.4, -0.2) is 53.9 Å². The fourth-order valence-corrected chi connectivity index (χ4v) is 2.88. The van der Waals surface area contributed by atoms with Crippen molar-refractivity contribution in [1.29, 1.82) is 0 Å². The Labute approximate surface area is 128 Å². The molecular weight excluding hydrogens is 290 g/mol. The van der Waals surface area contributed by atoms with Gasteiger partial charge in [0.25, 0.3) is 5.91 Å². The van der Waals surface area contributed by atoms with Crippen LogP contribution in [0, 0.1) is 0 Å². The van der Waals surface area contributed by atoms with Crippen molar-refractivity contribution in [2.75, 3.05) is 26.0 Å². The lowest BCUT2D eigenvalue weighted by Gasteiger charge is -2.32. The zero-order valence-electron chi connectivity index (χ0n) is 11.9. The Kier molecular flexibility index (Phi) is 5.64. The molecule has 6 heteroatoms. The molecule has 0 radical (unpaired) electrons. The summed E-state index contributed by atoms with van der Waals surface area (Å²) in [5.74, 6) is -0.0980. The average molecular weight is 309 g/mol. The van der Waals surface area contributed by atoms with Gasteiger partial charge in [-0.2, -0.15) is 11.8 Å². The Morgan fingerprint density at radius 1 is 1.48 bits per heavy atom. The van der Waals surface area contributed by atoms with E-state index in [-0.39, 0.29) is 12.3 Å². The molecule has 0 aromatic heterocycles. The van der Waals surface area contributed by atoms with Gasteiger partial charge >= 0.3 is 5.97 Å². The van der Waals surface area contributed by atoms with Gasteiger partial charge in [0.05, 0.1) is 19.1 Å². The summed E-state index contributed by atoms with van der Waals surface area (Å²) in [4.78, 5) is 24.9. The summed E-state index contributed by atoms with van der Waals surface area (Å²) in [6.45, 7) is 1.22. The molecule has 1 aromatic rings. The van der Waals surface area contributed by atoms with Crippen molar-refractivity contribution >= 4 is 23.6 Å². The van der Waals surface area contributed by atoms with E-state index in [9.17, 15) is 9.59 Å². The van der Waals surface area contributed by atoms with E-state index in [2.05, 4.69) is 0 Å². The summed E-state index contributed by atoms with van der Waals surface area (Å²) in [5, 5.41) is 8.82. The molecule has 1 saturated heterocycles.